The Labute approximate surface area is 94.8 Å². The molecule has 2 aliphatic rings. The molecule has 86 valence electrons. The second-order valence-electron chi connectivity index (χ2n) is 4.18. The van der Waals surface area contributed by atoms with Gasteiger partial charge in [0.15, 0.2) is 0 Å². The fourth-order valence-corrected chi connectivity index (χ4v) is 1.84. The molecule has 1 saturated carbocycles. The average Bonchev–Trinajstić information content (AvgIpc) is 3.10. The number of aliphatic imine (C=N–C) groups is 1. The molecule has 1 heterocycles. The molecule has 1 aliphatic heterocycles. The molecular weight excluding hydrogens is 204 g/mol. The Balaban J connectivity index is 1.95. The van der Waals surface area contributed by atoms with Gasteiger partial charge in [0.25, 0.3) is 0 Å². The number of carboxylic acid groups (broad SMARTS) is 1. The summed E-state index contributed by atoms with van der Waals surface area (Å²) in [6.45, 7) is 2.00. The summed E-state index contributed by atoms with van der Waals surface area (Å²) in [4.78, 5) is 15.1. The first-order valence-electron chi connectivity index (χ1n) is 5.59. The molecule has 1 aliphatic carbocycles. The van der Waals surface area contributed by atoms with Gasteiger partial charge in [-0.15, -0.1) is 0 Å². The van der Waals surface area contributed by atoms with Crippen molar-refractivity contribution in [2.45, 2.75) is 32.4 Å². The highest BCUT2D eigenvalue weighted by Gasteiger charge is 2.27. The maximum atomic E-state index is 10.8. The molecular formula is C12H16N2O2. The van der Waals surface area contributed by atoms with Crippen molar-refractivity contribution in [1.29, 1.82) is 0 Å². The lowest BCUT2D eigenvalue weighted by atomic mass is 10.1. The molecule has 2 rings (SSSR count). The van der Waals surface area contributed by atoms with Gasteiger partial charge in [-0.25, -0.2) is 4.79 Å². The molecule has 4 heteroatoms. The summed E-state index contributed by atoms with van der Waals surface area (Å²) in [5.41, 5.74) is 1.62. The molecule has 0 radical (unpaired) electrons. The minimum Gasteiger partial charge on any atom is -0.478 e. The highest BCUT2D eigenvalue weighted by molar-refractivity contribution is 5.93. The third-order valence-corrected chi connectivity index (χ3v) is 2.89. The molecule has 0 aromatic rings. The number of hydrogen-bond donors (Lipinski definition) is 2. The quantitative estimate of drug-likeness (QED) is 0.758. The largest absolute Gasteiger partial charge is 0.478 e. The minimum atomic E-state index is -0.855. The van der Waals surface area contributed by atoms with E-state index in [1.807, 2.05) is 6.92 Å². The summed E-state index contributed by atoms with van der Waals surface area (Å²) in [5, 5.41) is 12.2. The van der Waals surface area contributed by atoms with E-state index in [2.05, 4.69) is 16.4 Å². The van der Waals surface area contributed by atoms with E-state index in [1.54, 1.807) is 12.3 Å². The normalized spacial score (nSPS) is 25.2. The molecule has 0 spiro atoms. The van der Waals surface area contributed by atoms with Crippen LogP contribution in [0.4, 0.5) is 0 Å². The monoisotopic (exact) mass is 220 g/mol. The molecule has 1 fully saturated rings. The van der Waals surface area contributed by atoms with Gasteiger partial charge in [-0.2, -0.15) is 0 Å². The lowest BCUT2D eigenvalue weighted by Crippen LogP contribution is -2.30. The van der Waals surface area contributed by atoms with Gasteiger partial charge in [0, 0.05) is 23.9 Å². The zero-order valence-corrected chi connectivity index (χ0v) is 9.31. The maximum absolute atomic E-state index is 10.8. The number of carbonyl (C=O) groups is 1. The average molecular weight is 220 g/mol. The van der Waals surface area contributed by atoms with Gasteiger partial charge in [0.2, 0.25) is 0 Å². The van der Waals surface area contributed by atoms with E-state index >= 15 is 0 Å². The molecule has 0 amide bonds. The zero-order chi connectivity index (χ0) is 11.5. The number of aliphatic carboxylic acids is 1. The topological polar surface area (TPSA) is 61.7 Å². The summed E-state index contributed by atoms with van der Waals surface area (Å²) >= 11 is 0. The third-order valence-electron chi connectivity index (χ3n) is 2.89. The standard InChI is InChI=1S/C12H16N2O2/c1-2-10(8-3-4-8)14-11-7-9(12(15)16)5-6-13-11/h2,5-6,8,11,14H,3-4,7H2,1H3,(H,15,16)/t11-/m1/s1. The number of dihydropyridines is 1. The first-order valence-corrected chi connectivity index (χ1v) is 5.59. The Hall–Kier alpha value is -1.58. The number of nitrogens with zero attached hydrogens (tertiary/aromatic N) is 1. The van der Waals surface area contributed by atoms with E-state index < -0.39 is 5.97 Å². The van der Waals surface area contributed by atoms with Gasteiger partial charge in [0.1, 0.15) is 6.17 Å². The van der Waals surface area contributed by atoms with Crippen LogP contribution >= 0.6 is 0 Å². The van der Waals surface area contributed by atoms with Crippen molar-refractivity contribution in [1.82, 2.24) is 5.32 Å². The van der Waals surface area contributed by atoms with E-state index in [1.165, 1.54) is 18.5 Å². The van der Waals surface area contributed by atoms with Crippen molar-refractivity contribution in [2.75, 3.05) is 0 Å². The molecule has 4 nitrogen and oxygen atoms in total. The molecule has 0 saturated heterocycles. The summed E-state index contributed by atoms with van der Waals surface area (Å²) in [6, 6.07) is 0. The number of carboxylic acids is 1. The van der Waals surface area contributed by atoms with E-state index in [-0.39, 0.29) is 6.17 Å². The molecule has 0 unspecified atom stereocenters. The number of nitrogens with one attached hydrogen (secondary N) is 1. The fraction of sp³-hybridized carbons (Fsp3) is 0.500. The predicted molar refractivity (Wildman–Crippen MR) is 62.2 cm³/mol. The Kier molecular flexibility index (Phi) is 3.08. The zero-order valence-electron chi connectivity index (χ0n) is 9.31. The predicted octanol–water partition coefficient (Wildman–Crippen LogP) is 1.70. The lowest BCUT2D eigenvalue weighted by Gasteiger charge is -2.20. The first kappa shape index (κ1) is 10.9. The molecule has 16 heavy (non-hydrogen) atoms. The van der Waals surface area contributed by atoms with Crippen molar-refractivity contribution in [3.05, 3.63) is 23.4 Å². The third kappa shape index (κ3) is 2.51. The molecule has 0 bridgehead atoms. The molecule has 2 N–H and O–H groups in total. The Morgan fingerprint density at radius 1 is 1.62 bits per heavy atom. The van der Waals surface area contributed by atoms with E-state index in [0.29, 0.717) is 17.9 Å². The SMILES string of the molecule is CC=C(N[C@@H]1CC(C(=O)O)=CC=N1)C1CC1. The van der Waals surface area contributed by atoms with Crippen LogP contribution in [0.25, 0.3) is 0 Å². The first-order chi connectivity index (χ1) is 7.70. The van der Waals surface area contributed by atoms with E-state index in [4.69, 9.17) is 5.11 Å². The van der Waals surface area contributed by atoms with Gasteiger partial charge >= 0.3 is 5.97 Å². The highest BCUT2D eigenvalue weighted by Crippen LogP contribution is 2.35. The Morgan fingerprint density at radius 2 is 2.38 bits per heavy atom. The second kappa shape index (κ2) is 4.51. The smallest absolute Gasteiger partial charge is 0.331 e. The van der Waals surface area contributed by atoms with E-state index in [9.17, 15) is 4.79 Å². The van der Waals surface area contributed by atoms with Crippen molar-refractivity contribution in [2.24, 2.45) is 10.9 Å². The van der Waals surface area contributed by atoms with Crippen molar-refractivity contribution >= 4 is 12.2 Å². The fourth-order valence-electron chi connectivity index (χ4n) is 1.84. The number of rotatable bonds is 4. The van der Waals surface area contributed by atoms with Crippen molar-refractivity contribution < 1.29 is 9.90 Å². The van der Waals surface area contributed by atoms with Gasteiger partial charge in [-0.1, -0.05) is 6.08 Å². The molecule has 0 aromatic heterocycles. The Bertz CT molecular complexity index is 378. The van der Waals surface area contributed by atoms with Crippen molar-refractivity contribution in [3.63, 3.8) is 0 Å². The van der Waals surface area contributed by atoms with Crippen molar-refractivity contribution in [3.8, 4) is 0 Å². The van der Waals surface area contributed by atoms with Crippen LogP contribution in [0.5, 0.6) is 0 Å². The van der Waals surface area contributed by atoms with Crippen LogP contribution in [0.1, 0.15) is 26.2 Å². The van der Waals surface area contributed by atoms with Crippen LogP contribution in [-0.4, -0.2) is 23.5 Å². The highest BCUT2D eigenvalue weighted by atomic mass is 16.4. The van der Waals surface area contributed by atoms with Crippen LogP contribution in [0.2, 0.25) is 0 Å². The van der Waals surface area contributed by atoms with Crippen LogP contribution in [0.3, 0.4) is 0 Å². The minimum absolute atomic E-state index is 0.122. The summed E-state index contributed by atoms with van der Waals surface area (Å²) in [6.07, 6.45) is 7.98. The van der Waals surface area contributed by atoms with Gasteiger partial charge in [-0.05, 0) is 31.8 Å². The molecule has 0 aromatic carbocycles. The van der Waals surface area contributed by atoms with Crippen LogP contribution in [0.15, 0.2) is 28.4 Å². The Morgan fingerprint density at radius 3 is 2.94 bits per heavy atom. The molecule has 1 atom stereocenters. The van der Waals surface area contributed by atoms with Gasteiger partial charge in [0.05, 0.1) is 0 Å². The van der Waals surface area contributed by atoms with Gasteiger partial charge < -0.3 is 10.4 Å². The second-order valence-corrected chi connectivity index (χ2v) is 4.18. The lowest BCUT2D eigenvalue weighted by molar-refractivity contribution is -0.132. The summed E-state index contributed by atoms with van der Waals surface area (Å²) < 4.78 is 0. The van der Waals surface area contributed by atoms with Crippen LogP contribution < -0.4 is 5.32 Å². The number of allylic oxidation sites excluding steroid dienone is 3. The van der Waals surface area contributed by atoms with Crippen LogP contribution in [0, 0.1) is 5.92 Å². The summed E-state index contributed by atoms with van der Waals surface area (Å²) in [5.74, 6) is -0.217. The van der Waals surface area contributed by atoms with Gasteiger partial charge in [-0.3, -0.25) is 4.99 Å². The van der Waals surface area contributed by atoms with E-state index in [0.717, 1.165) is 0 Å². The maximum Gasteiger partial charge on any atom is 0.331 e. The van der Waals surface area contributed by atoms with Crippen LogP contribution in [-0.2, 0) is 4.79 Å². The number of hydrogen-bond acceptors (Lipinski definition) is 3. The summed E-state index contributed by atoms with van der Waals surface area (Å²) in [7, 11) is 0.